The second kappa shape index (κ2) is 7.42. The smallest absolute Gasteiger partial charge is 0.330 e. The van der Waals surface area contributed by atoms with Crippen LogP contribution in [-0.4, -0.2) is 32.8 Å². The van der Waals surface area contributed by atoms with Crippen LogP contribution in [0.5, 0.6) is 0 Å². The van der Waals surface area contributed by atoms with Crippen molar-refractivity contribution in [3.63, 3.8) is 0 Å². The number of nitrogens with one attached hydrogen (secondary N) is 1. The zero-order chi connectivity index (χ0) is 21.7. The number of amides is 2. The summed E-state index contributed by atoms with van der Waals surface area (Å²) in [6.45, 7) is 2.20. The number of hydroxylamine groups is 2. The monoisotopic (exact) mass is 437 g/mol. The number of hydrogen-bond acceptors (Lipinski definition) is 7. The summed E-state index contributed by atoms with van der Waals surface area (Å²) >= 11 is 1.54. The maximum atomic E-state index is 12.6. The third-order valence-corrected chi connectivity index (χ3v) is 6.88. The Hall–Kier alpha value is -3.33. The van der Waals surface area contributed by atoms with Crippen molar-refractivity contribution in [1.82, 2.24) is 15.0 Å². The molecule has 2 aliphatic rings. The molecule has 0 fully saturated rings. The third kappa shape index (κ3) is 3.34. The van der Waals surface area contributed by atoms with Crippen molar-refractivity contribution in [2.24, 2.45) is 5.92 Å². The van der Waals surface area contributed by atoms with E-state index in [1.54, 1.807) is 23.5 Å². The second-order valence-electron chi connectivity index (χ2n) is 7.96. The van der Waals surface area contributed by atoms with Crippen molar-refractivity contribution < 1.29 is 19.2 Å². The third-order valence-electron chi connectivity index (χ3n) is 5.73. The van der Waals surface area contributed by atoms with E-state index in [1.807, 2.05) is 0 Å². The number of nitrogens with zero attached hydrogens (tertiary/aromatic N) is 2. The van der Waals surface area contributed by atoms with Crippen LogP contribution in [-0.2, 0) is 28.9 Å². The number of hydrogen-bond donors (Lipinski definition) is 1. The Bertz CT molecular complexity index is 1270. The largest absolute Gasteiger partial charge is 0.333 e. The van der Waals surface area contributed by atoms with Gasteiger partial charge in [0.1, 0.15) is 10.7 Å². The highest BCUT2D eigenvalue weighted by atomic mass is 32.1. The Labute approximate surface area is 180 Å². The Morgan fingerprint density at radius 3 is 2.65 bits per heavy atom. The van der Waals surface area contributed by atoms with Crippen LogP contribution >= 0.6 is 11.3 Å². The molecule has 1 unspecified atom stereocenters. The predicted molar refractivity (Wildman–Crippen MR) is 113 cm³/mol. The molecule has 0 saturated carbocycles. The first-order chi connectivity index (χ1) is 14.9. The van der Waals surface area contributed by atoms with Crippen LogP contribution < -0.4 is 5.56 Å². The molecule has 5 rings (SSSR count). The summed E-state index contributed by atoms with van der Waals surface area (Å²) in [7, 11) is 0. The number of aromatic nitrogens is 2. The number of aromatic amines is 1. The summed E-state index contributed by atoms with van der Waals surface area (Å²) in [5.41, 5.74) is 1.31. The van der Waals surface area contributed by atoms with Gasteiger partial charge in [-0.15, -0.1) is 11.3 Å². The van der Waals surface area contributed by atoms with Gasteiger partial charge in [0.05, 0.1) is 22.9 Å². The molecule has 1 aliphatic heterocycles. The van der Waals surface area contributed by atoms with Crippen molar-refractivity contribution in [2.75, 3.05) is 0 Å². The minimum absolute atomic E-state index is 0.131. The summed E-state index contributed by atoms with van der Waals surface area (Å²) < 4.78 is 0. The average Bonchev–Trinajstić information content (AvgIpc) is 3.23. The maximum absolute atomic E-state index is 12.6. The van der Waals surface area contributed by atoms with Crippen LogP contribution in [0.3, 0.4) is 0 Å². The van der Waals surface area contributed by atoms with Crippen LogP contribution in [0, 0.1) is 5.92 Å². The van der Waals surface area contributed by atoms with Gasteiger partial charge in [0.15, 0.2) is 0 Å². The summed E-state index contributed by atoms with van der Waals surface area (Å²) in [6.07, 6.45) is 2.89. The summed E-state index contributed by atoms with van der Waals surface area (Å²) in [5.74, 6) is -1.11. The fourth-order valence-corrected chi connectivity index (χ4v) is 5.53. The molecule has 8 nitrogen and oxygen atoms in total. The van der Waals surface area contributed by atoms with Gasteiger partial charge < -0.3 is 9.82 Å². The summed E-state index contributed by atoms with van der Waals surface area (Å²) in [5, 5.41) is 1.14. The SMILES string of the molecule is CC1CCc2c(sc3nc(CCC(=O)ON4C(=O)c5ccccc5C4=O)[nH]c(=O)c23)C1. The van der Waals surface area contributed by atoms with E-state index in [2.05, 4.69) is 16.9 Å². The molecule has 1 aromatic carbocycles. The molecule has 158 valence electrons. The van der Waals surface area contributed by atoms with Crippen molar-refractivity contribution in [3.05, 3.63) is 62.0 Å². The molecule has 1 N–H and O–H groups in total. The van der Waals surface area contributed by atoms with Gasteiger partial charge >= 0.3 is 5.97 Å². The van der Waals surface area contributed by atoms with Crippen LogP contribution in [0.25, 0.3) is 10.2 Å². The molecular formula is C22H19N3O5S. The maximum Gasteiger partial charge on any atom is 0.333 e. The molecule has 2 amide bonds. The van der Waals surface area contributed by atoms with E-state index in [0.717, 1.165) is 24.8 Å². The van der Waals surface area contributed by atoms with Gasteiger partial charge in [-0.1, -0.05) is 24.1 Å². The van der Waals surface area contributed by atoms with Gasteiger partial charge in [0.2, 0.25) is 0 Å². The van der Waals surface area contributed by atoms with E-state index in [4.69, 9.17) is 4.84 Å². The molecular weight excluding hydrogens is 418 g/mol. The lowest BCUT2D eigenvalue weighted by atomic mass is 9.89. The molecule has 1 aliphatic carbocycles. The number of benzene rings is 1. The normalized spacial score (nSPS) is 17.7. The van der Waals surface area contributed by atoms with Crippen molar-refractivity contribution in [1.29, 1.82) is 0 Å². The average molecular weight is 437 g/mol. The highest BCUT2D eigenvalue weighted by Gasteiger charge is 2.38. The number of fused-ring (bicyclic) bond motifs is 4. The lowest BCUT2D eigenvalue weighted by Gasteiger charge is -2.17. The Kier molecular flexibility index (Phi) is 4.70. The minimum atomic E-state index is -0.753. The standard InChI is InChI=1S/C22H19N3O5S/c1-11-6-7-14-15(10-11)31-20-18(14)19(27)23-16(24-20)8-9-17(26)30-25-21(28)12-4-2-3-5-13(12)22(25)29/h2-5,11H,6-10H2,1H3,(H,23,24,27). The molecule has 31 heavy (non-hydrogen) atoms. The van der Waals surface area contributed by atoms with Crippen LogP contribution in [0.15, 0.2) is 29.1 Å². The highest BCUT2D eigenvalue weighted by Crippen LogP contribution is 2.35. The molecule has 9 heteroatoms. The number of rotatable bonds is 4. The summed E-state index contributed by atoms with van der Waals surface area (Å²) in [6, 6.07) is 6.29. The molecule has 0 radical (unpaired) electrons. The fourth-order valence-electron chi connectivity index (χ4n) is 4.13. The molecule has 0 saturated heterocycles. The van der Waals surface area contributed by atoms with E-state index >= 15 is 0 Å². The van der Waals surface area contributed by atoms with Crippen molar-refractivity contribution in [3.8, 4) is 0 Å². The molecule has 3 aromatic rings. The molecule has 0 bridgehead atoms. The number of H-pyrrole nitrogens is 1. The quantitative estimate of drug-likeness (QED) is 0.629. The fraction of sp³-hybridized carbons (Fsp3) is 0.318. The van der Waals surface area contributed by atoms with Crippen molar-refractivity contribution in [2.45, 2.75) is 39.0 Å². The molecule has 2 aromatic heterocycles. The Morgan fingerprint density at radius 2 is 1.94 bits per heavy atom. The lowest BCUT2D eigenvalue weighted by Crippen LogP contribution is -2.32. The Morgan fingerprint density at radius 1 is 1.23 bits per heavy atom. The van der Waals surface area contributed by atoms with Crippen LogP contribution in [0.4, 0.5) is 0 Å². The first-order valence-corrected chi connectivity index (χ1v) is 11.0. The number of carbonyl (C=O) groups excluding carboxylic acids is 3. The highest BCUT2D eigenvalue weighted by molar-refractivity contribution is 7.18. The van der Waals surface area contributed by atoms with E-state index in [1.165, 1.54) is 17.0 Å². The van der Waals surface area contributed by atoms with Gasteiger partial charge in [-0.3, -0.25) is 14.4 Å². The van der Waals surface area contributed by atoms with Crippen LogP contribution in [0.1, 0.15) is 56.7 Å². The number of carbonyl (C=O) groups is 3. The molecule has 1 atom stereocenters. The van der Waals surface area contributed by atoms with Gasteiger partial charge in [-0.25, -0.2) is 9.78 Å². The van der Waals surface area contributed by atoms with E-state index in [9.17, 15) is 19.2 Å². The second-order valence-corrected chi connectivity index (χ2v) is 9.04. The van der Waals surface area contributed by atoms with Crippen molar-refractivity contribution >= 4 is 39.3 Å². The Balaban J connectivity index is 1.29. The minimum Gasteiger partial charge on any atom is -0.330 e. The van der Waals surface area contributed by atoms with E-state index in [-0.39, 0.29) is 29.5 Å². The number of aryl methyl sites for hydroxylation is 2. The topological polar surface area (TPSA) is 109 Å². The van der Waals surface area contributed by atoms with Gasteiger partial charge in [0, 0.05) is 11.3 Å². The lowest BCUT2D eigenvalue weighted by molar-refractivity contribution is -0.168. The zero-order valence-electron chi connectivity index (χ0n) is 16.8. The first kappa shape index (κ1) is 19.6. The zero-order valence-corrected chi connectivity index (χ0v) is 17.6. The van der Waals surface area contributed by atoms with Gasteiger partial charge in [-0.05, 0) is 42.9 Å². The van der Waals surface area contributed by atoms with Gasteiger partial charge in [-0.2, -0.15) is 0 Å². The van der Waals surface area contributed by atoms with E-state index in [0.29, 0.717) is 27.0 Å². The van der Waals surface area contributed by atoms with E-state index < -0.39 is 17.8 Å². The first-order valence-electron chi connectivity index (χ1n) is 10.1. The molecule has 3 heterocycles. The van der Waals surface area contributed by atoms with Gasteiger partial charge in [0.25, 0.3) is 17.4 Å². The summed E-state index contributed by atoms with van der Waals surface area (Å²) in [4.78, 5) is 63.7. The number of thiophene rings is 1. The number of imide groups is 1. The molecule has 0 spiro atoms. The predicted octanol–water partition coefficient (Wildman–Crippen LogP) is 2.80. The van der Waals surface area contributed by atoms with Crippen LogP contribution in [0.2, 0.25) is 0 Å².